The molecule has 0 spiro atoms. The molecule has 1 aromatic rings. The van der Waals surface area contributed by atoms with Gasteiger partial charge in [-0.2, -0.15) is 13.2 Å². The smallest absolute Gasteiger partial charge is 0.422 e. The zero-order valence-electron chi connectivity index (χ0n) is 6.94. The first-order chi connectivity index (χ1) is 6.38. The molecule has 0 fully saturated rings. The van der Waals surface area contributed by atoms with Gasteiger partial charge in [0.25, 0.3) is 0 Å². The van der Waals surface area contributed by atoms with Crippen LogP contribution in [-0.4, -0.2) is 12.8 Å². The molecule has 0 unspecified atom stereocenters. The van der Waals surface area contributed by atoms with Gasteiger partial charge < -0.3 is 10.5 Å². The number of benzene rings is 1. The number of halogens is 4. The van der Waals surface area contributed by atoms with Crippen LogP contribution in [0.1, 0.15) is 0 Å². The summed E-state index contributed by atoms with van der Waals surface area (Å²) >= 11 is 2.01. The van der Waals surface area contributed by atoms with E-state index in [0.717, 1.165) is 3.57 Å². The van der Waals surface area contributed by atoms with Crippen molar-refractivity contribution in [1.82, 2.24) is 0 Å². The molecule has 0 saturated heterocycles. The Kier molecular flexibility index (Phi) is 3.46. The molecule has 0 saturated carbocycles. The normalized spacial score (nSPS) is 11.4. The fourth-order valence-corrected chi connectivity index (χ4v) is 1.33. The van der Waals surface area contributed by atoms with Gasteiger partial charge in [0.15, 0.2) is 6.61 Å². The van der Waals surface area contributed by atoms with E-state index in [2.05, 4.69) is 4.74 Å². The molecular formula is C8H7F3INO. The van der Waals surface area contributed by atoms with Gasteiger partial charge >= 0.3 is 6.18 Å². The second kappa shape index (κ2) is 4.24. The van der Waals surface area contributed by atoms with Crippen molar-refractivity contribution in [2.45, 2.75) is 6.18 Å². The van der Waals surface area contributed by atoms with Gasteiger partial charge in [-0.05, 0) is 40.8 Å². The van der Waals surface area contributed by atoms with E-state index < -0.39 is 12.8 Å². The van der Waals surface area contributed by atoms with Crippen molar-refractivity contribution in [2.75, 3.05) is 12.3 Å². The molecule has 1 rings (SSSR count). The topological polar surface area (TPSA) is 35.2 Å². The number of hydrogen-bond acceptors (Lipinski definition) is 2. The van der Waals surface area contributed by atoms with Crippen molar-refractivity contribution >= 4 is 28.3 Å². The number of rotatable bonds is 2. The van der Waals surface area contributed by atoms with E-state index in [1.54, 1.807) is 12.1 Å². The maximum atomic E-state index is 11.8. The summed E-state index contributed by atoms with van der Waals surface area (Å²) in [5.41, 5.74) is 5.66. The first-order valence-corrected chi connectivity index (χ1v) is 4.71. The fraction of sp³-hybridized carbons (Fsp3) is 0.250. The molecule has 0 aliphatic carbocycles. The average Bonchev–Trinajstić information content (AvgIpc) is 2.00. The molecule has 1 aromatic carbocycles. The maximum absolute atomic E-state index is 11.8. The van der Waals surface area contributed by atoms with E-state index >= 15 is 0 Å². The minimum absolute atomic E-state index is 0.0581. The Bertz CT molecular complexity index is 327. The summed E-state index contributed by atoms with van der Waals surface area (Å²) in [6.45, 7) is -1.32. The SMILES string of the molecule is Nc1cc(I)ccc1OCC(F)(F)F. The summed E-state index contributed by atoms with van der Waals surface area (Å²) in [4.78, 5) is 0. The molecule has 0 aliphatic heterocycles. The molecule has 0 bridgehead atoms. The van der Waals surface area contributed by atoms with E-state index in [9.17, 15) is 13.2 Å². The van der Waals surface area contributed by atoms with Crippen LogP contribution < -0.4 is 10.5 Å². The Morgan fingerprint density at radius 2 is 2.00 bits per heavy atom. The first-order valence-electron chi connectivity index (χ1n) is 3.63. The lowest BCUT2D eigenvalue weighted by Crippen LogP contribution is -2.19. The summed E-state index contributed by atoms with van der Waals surface area (Å²) < 4.78 is 40.7. The number of hydrogen-bond donors (Lipinski definition) is 1. The first kappa shape index (κ1) is 11.4. The van der Waals surface area contributed by atoms with Crippen LogP contribution in [0.3, 0.4) is 0 Å². The van der Waals surface area contributed by atoms with Gasteiger partial charge in [0, 0.05) is 3.57 Å². The highest BCUT2D eigenvalue weighted by Gasteiger charge is 2.28. The fourth-order valence-electron chi connectivity index (χ4n) is 0.810. The molecular weight excluding hydrogens is 310 g/mol. The van der Waals surface area contributed by atoms with E-state index in [-0.39, 0.29) is 11.4 Å². The van der Waals surface area contributed by atoms with Crippen molar-refractivity contribution in [1.29, 1.82) is 0 Å². The van der Waals surface area contributed by atoms with Crippen molar-refractivity contribution in [3.05, 3.63) is 21.8 Å². The molecule has 0 atom stereocenters. The van der Waals surface area contributed by atoms with Gasteiger partial charge in [0.1, 0.15) is 5.75 Å². The predicted molar refractivity (Wildman–Crippen MR) is 55.1 cm³/mol. The standard InChI is InChI=1S/C8H7F3INO/c9-8(10,11)4-14-7-2-1-5(12)3-6(7)13/h1-3H,4,13H2. The van der Waals surface area contributed by atoms with Gasteiger partial charge in [-0.15, -0.1) is 0 Å². The minimum atomic E-state index is -4.34. The van der Waals surface area contributed by atoms with Crippen LogP contribution in [0.5, 0.6) is 5.75 Å². The molecule has 0 aliphatic rings. The molecule has 6 heteroatoms. The number of nitrogen functional groups attached to an aromatic ring is 1. The van der Waals surface area contributed by atoms with Crippen molar-refractivity contribution in [2.24, 2.45) is 0 Å². The lowest BCUT2D eigenvalue weighted by Gasteiger charge is -2.10. The highest BCUT2D eigenvalue weighted by Crippen LogP contribution is 2.25. The quantitative estimate of drug-likeness (QED) is 0.672. The second-order valence-corrected chi connectivity index (χ2v) is 3.83. The highest BCUT2D eigenvalue weighted by atomic mass is 127. The van der Waals surface area contributed by atoms with Crippen LogP contribution in [0.25, 0.3) is 0 Å². The number of ether oxygens (including phenoxy) is 1. The Morgan fingerprint density at radius 3 is 2.50 bits per heavy atom. The van der Waals surface area contributed by atoms with Crippen LogP contribution in [0.4, 0.5) is 18.9 Å². The number of alkyl halides is 3. The van der Waals surface area contributed by atoms with E-state index in [1.807, 2.05) is 22.6 Å². The molecule has 14 heavy (non-hydrogen) atoms. The molecule has 0 radical (unpaired) electrons. The Balaban J connectivity index is 2.68. The highest BCUT2D eigenvalue weighted by molar-refractivity contribution is 14.1. The van der Waals surface area contributed by atoms with Crippen LogP contribution in [0.15, 0.2) is 18.2 Å². The predicted octanol–water partition coefficient (Wildman–Crippen LogP) is 2.81. The third-order valence-electron chi connectivity index (χ3n) is 1.36. The van der Waals surface area contributed by atoms with Crippen molar-refractivity contribution < 1.29 is 17.9 Å². The molecule has 2 N–H and O–H groups in total. The van der Waals surface area contributed by atoms with Gasteiger partial charge in [-0.25, -0.2) is 0 Å². The molecule has 2 nitrogen and oxygen atoms in total. The Labute approximate surface area is 92.4 Å². The van der Waals surface area contributed by atoms with Crippen molar-refractivity contribution in [3.63, 3.8) is 0 Å². The summed E-state index contributed by atoms with van der Waals surface area (Å²) in [6, 6.07) is 4.59. The summed E-state index contributed by atoms with van der Waals surface area (Å²) in [5.74, 6) is 0.0581. The zero-order chi connectivity index (χ0) is 10.8. The Morgan fingerprint density at radius 1 is 1.36 bits per heavy atom. The van der Waals surface area contributed by atoms with Gasteiger partial charge in [-0.3, -0.25) is 0 Å². The lowest BCUT2D eigenvalue weighted by atomic mass is 10.3. The van der Waals surface area contributed by atoms with E-state index in [1.165, 1.54) is 6.07 Å². The van der Waals surface area contributed by atoms with Crippen LogP contribution in [-0.2, 0) is 0 Å². The van der Waals surface area contributed by atoms with Crippen LogP contribution in [0.2, 0.25) is 0 Å². The van der Waals surface area contributed by atoms with Gasteiger partial charge in [-0.1, -0.05) is 0 Å². The van der Waals surface area contributed by atoms with Crippen LogP contribution in [0, 0.1) is 3.57 Å². The zero-order valence-corrected chi connectivity index (χ0v) is 9.09. The lowest BCUT2D eigenvalue weighted by molar-refractivity contribution is -0.153. The van der Waals surface area contributed by atoms with E-state index in [4.69, 9.17) is 5.73 Å². The molecule has 0 heterocycles. The maximum Gasteiger partial charge on any atom is 0.422 e. The number of anilines is 1. The van der Waals surface area contributed by atoms with Gasteiger partial charge in [0.05, 0.1) is 5.69 Å². The monoisotopic (exact) mass is 317 g/mol. The molecule has 0 aromatic heterocycles. The third kappa shape index (κ3) is 3.60. The minimum Gasteiger partial charge on any atom is -0.482 e. The third-order valence-corrected chi connectivity index (χ3v) is 2.03. The number of nitrogens with two attached hydrogens (primary N) is 1. The summed E-state index contributed by atoms with van der Waals surface area (Å²) in [6.07, 6.45) is -4.34. The van der Waals surface area contributed by atoms with Crippen LogP contribution >= 0.6 is 22.6 Å². The van der Waals surface area contributed by atoms with Crippen molar-refractivity contribution in [3.8, 4) is 5.75 Å². The average molecular weight is 317 g/mol. The summed E-state index contributed by atoms with van der Waals surface area (Å²) in [7, 11) is 0. The summed E-state index contributed by atoms with van der Waals surface area (Å²) in [5, 5.41) is 0. The molecule has 0 amide bonds. The Hall–Kier alpha value is -0.660. The molecule has 78 valence electrons. The van der Waals surface area contributed by atoms with Gasteiger partial charge in [0.2, 0.25) is 0 Å². The largest absolute Gasteiger partial charge is 0.482 e. The second-order valence-electron chi connectivity index (χ2n) is 2.59. The van der Waals surface area contributed by atoms with E-state index in [0.29, 0.717) is 0 Å².